The number of hydrogen-bond acceptors (Lipinski definition) is 7. The largest absolute Gasteiger partial charge is 0.457 e. The first-order valence-electron chi connectivity index (χ1n) is 9.66. The van der Waals surface area contributed by atoms with Crippen LogP contribution in [0.2, 0.25) is 0 Å². The highest BCUT2D eigenvalue weighted by atomic mass is 32.1. The molecule has 154 valence electrons. The van der Waals surface area contributed by atoms with E-state index in [0.29, 0.717) is 11.5 Å². The van der Waals surface area contributed by atoms with Crippen molar-refractivity contribution in [2.75, 3.05) is 18.9 Å². The Kier molecular flexibility index (Phi) is 4.37. The van der Waals surface area contributed by atoms with Gasteiger partial charge in [-0.15, -0.1) is 11.3 Å². The number of amides is 1. The molecule has 0 saturated carbocycles. The molecular weight excluding hydrogens is 404 g/mol. The van der Waals surface area contributed by atoms with Crippen molar-refractivity contribution in [2.24, 2.45) is 0 Å². The Bertz CT molecular complexity index is 1180. The predicted molar refractivity (Wildman–Crippen MR) is 114 cm³/mol. The van der Waals surface area contributed by atoms with Gasteiger partial charge in [-0.1, -0.05) is 0 Å². The maximum absolute atomic E-state index is 12.9. The zero-order chi connectivity index (χ0) is 21.0. The van der Waals surface area contributed by atoms with Crippen LogP contribution in [0.15, 0.2) is 34.7 Å². The number of nitro benzene ring substituents is 1. The lowest BCUT2D eigenvalue weighted by Gasteiger charge is -2.26. The van der Waals surface area contributed by atoms with Gasteiger partial charge in [-0.25, -0.2) is 0 Å². The maximum atomic E-state index is 12.9. The van der Waals surface area contributed by atoms with Crippen LogP contribution >= 0.6 is 11.3 Å². The number of hydrogen-bond donors (Lipinski definition) is 2. The van der Waals surface area contributed by atoms with E-state index < -0.39 is 11.1 Å². The van der Waals surface area contributed by atoms with E-state index in [1.165, 1.54) is 17.0 Å². The number of nitrogens with one attached hydrogen (secondary N) is 2. The number of nitro groups is 1. The lowest BCUT2D eigenvalue weighted by Crippen LogP contribution is -2.38. The summed E-state index contributed by atoms with van der Waals surface area (Å²) in [7, 11) is 2.09. The average Bonchev–Trinajstić information content (AvgIpc) is 3.32. The van der Waals surface area contributed by atoms with Gasteiger partial charge in [-0.3, -0.25) is 14.9 Å². The fourth-order valence-electron chi connectivity index (χ4n) is 4.08. The molecule has 4 heterocycles. The van der Waals surface area contributed by atoms with E-state index in [9.17, 15) is 14.9 Å². The molecule has 0 spiro atoms. The number of anilines is 1. The van der Waals surface area contributed by atoms with Crippen LogP contribution in [0.4, 0.5) is 10.7 Å². The molecule has 0 saturated heterocycles. The summed E-state index contributed by atoms with van der Waals surface area (Å²) in [4.78, 5) is 26.9. The van der Waals surface area contributed by atoms with Crippen molar-refractivity contribution >= 4 is 27.9 Å². The van der Waals surface area contributed by atoms with Crippen molar-refractivity contribution in [3.8, 4) is 11.3 Å². The zero-order valence-electron chi connectivity index (χ0n) is 16.5. The highest BCUT2D eigenvalue weighted by Gasteiger charge is 2.34. The SMILES string of the molecule is Cc1cc([N+](=O)[O-])ccc1-c1ccc([C@H]2NC(=O)c3c(sc4c3CCN(C)C4)N2)o1. The molecule has 9 heteroatoms. The summed E-state index contributed by atoms with van der Waals surface area (Å²) >= 11 is 1.63. The number of thiophene rings is 1. The molecule has 2 aliphatic heterocycles. The van der Waals surface area contributed by atoms with Gasteiger partial charge in [-0.2, -0.15) is 0 Å². The average molecular weight is 424 g/mol. The van der Waals surface area contributed by atoms with Gasteiger partial charge in [0, 0.05) is 35.7 Å². The number of aryl methyl sites for hydroxylation is 1. The number of likely N-dealkylation sites (N-methyl/N-ethyl adjacent to an activating group) is 1. The number of benzene rings is 1. The summed E-state index contributed by atoms with van der Waals surface area (Å²) in [5, 5.41) is 18.3. The Balaban J connectivity index is 1.43. The van der Waals surface area contributed by atoms with E-state index in [1.807, 2.05) is 19.1 Å². The van der Waals surface area contributed by atoms with E-state index >= 15 is 0 Å². The van der Waals surface area contributed by atoms with Crippen LogP contribution in [-0.2, 0) is 13.0 Å². The third kappa shape index (κ3) is 3.06. The summed E-state index contributed by atoms with van der Waals surface area (Å²) in [6.07, 6.45) is 0.414. The highest BCUT2D eigenvalue weighted by molar-refractivity contribution is 7.16. The molecular formula is C21H20N4O4S. The minimum absolute atomic E-state index is 0.0454. The molecule has 8 nitrogen and oxygen atoms in total. The van der Waals surface area contributed by atoms with E-state index in [-0.39, 0.29) is 11.6 Å². The molecule has 0 bridgehead atoms. The van der Waals surface area contributed by atoms with Crippen molar-refractivity contribution in [3.63, 3.8) is 0 Å². The summed E-state index contributed by atoms with van der Waals surface area (Å²) in [5.74, 6) is 1.11. The smallest absolute Gasteiger partial charge is 0.269 e. The second-order valence-electron chi connectivity index (χ2n) is 7.70. The molecule has 2 aliphatic rings. The Morgan fingerprint density at radius 2 is 2.10 bits per heavy atom. The molecule has 1 amide bonds. The number of fused-ring (bicyclic) bond motifs is 3. The molecule has 0 unspecified atom stereocenters. The summed E-state index contributed by atoms with van der Waals surface area (Å²) in [6, 6.07) is 8.31. The molecule has 30 heavy (non-hydrogen) atoms. The topological polar surface area (TPSA) is 101 Å². The van der Waals surface area contributed by atoms with Gasteiger partial charge in [0.05, 0.1) is 10.5 Å². The standard InChI is InChI=1S/C21H20N4O4S/c1-11-9-12(25(27)28)3-4-13(11)15-5-6-16(29-15)19-22-20(26)18-14-7-8-24(2)10-17(14)30-21(18)23-19/h3-6,9,19,23H,7-8,10H2,1-2H3,(H,22,26)/t19-/m0/s1. The Labute approximate surface area is 176 Å². The van der Waals surface area contributed by atoms with Gasteiger partial charge in [0.25, 0.3) is 11.6 Å². The lowest BCUT2D eigenvalue weighted by molar-refractivity contribution is -0.384. The molecule has 1 atom stereocenters. The lowest BCUT2D eigenvalue weighted by atomic mass is 10.0. The summed E-state index contributed by atoms with van der Waals surface area (Å²) in [5.41, 5.74) is 3.49. The fraction of sp³-hybridized carbons (Fsp3) is 0.286. The molecule has 2 aromatic heterocycles. The van der Waals surface area contributed by atoms with Gasteiger partial charge in [0.2, 0.25) is 0 Å². The fourth-order valence-corrected chi connectivity index (χ4v) is 5.43. The van der Waals surface area contributed by atoms with Crippen molar-refractivity contribution in [2.45, 2.75) is 26.1 Å². The van der Waals surface area contributed by atoms with Crippen molar-refractivity contribution < 1.29 is 14.1 Å². The quantitative estimate of drug-likeness (QED) is 0.486. The first-order chi connectivity index (χ1) is 14.4. The van der Waals surface area contributed by atoms with E-state index in [1.54, 1.807) is 17.4 Å². The molecule has 1 aromatic carbocycles. The van der Waals surface area contributed by atoms with Gasteiger partial charge in [0.1, 0.15) is 16.5 Å². The van der Waals surface area contributed by atoms with Crippen LogP contribution in [0, 0.1) is 17.0 Å². The van der Waals surface area contributed by atoms with Crippen LogP contribution in [0.3, 0.4) is 0 Å². The number of furan rings is 1. The zero-order valence-corrected chi connectivity index (χ0v) is 17.3. The Morgan fingerprint density at radius 1 is 1.27 bits per heavy atom. The molecule has 5 rings (SSSR count). The number of rotatable bonds is 3. The van der Waals surface area contributed by atoms with Gasteiger partial charge < -0.3 is 20.0 Å². The third-order valence-corrected chi connectivity index (χ3v) is 6.77. The first kappa shape index (κ1) is 18.8. The van der Waals surface area contributed by atoms with Crippen LogP contribution in [0.5, 0.6) is 0 Å². The molecule has 2 N–H and O–H groups in total. The Morgan fingerprint density at radius 3 is 2.87 bits per heavy atom. The number of carbonyl (C=O) groups excluding carboxylic acids is 1. The molecule has 3 aromatic rings. The van der Waals surface area contributed by atoms with Gasteiger partial charge in [0.15, 0.2) is 6.17 Å². The van der Waals surface area contributed by atoms with Crippen molar-refractivity contribution in [1.29, 1.82) is 0 Å². The van der Waals surface area contributed by atoms with Gasteiger partial charge >= 0.3 is 0 Å². The van der Waals surface area contributed by atoms with Crippen LogP contribution in [-0.4, -0.2) is 29.3 Å². The predicted octanol–water partition coefficient (Wildman–Crippen LogP) is 4.07. The summed E-state index contributed by atoms with van der Waals surface area (Å²) < 4.78 is 6.02. The number of nitrogens with zero attached hydrogens (tertiary/aromatic N) is 2. The minimum Gasteiger partial charge on any atom is -0.457 e. The minimum atomic E-state index is -0.463. The molecule has 0 fully saturated rings. The number of non-ortho nitro benzene ring substituents is 1. The van der Waals surface area contributed by atoms with E-state index in [4.69, 9.17) is 4.42 Å². The van der Waals surface area contributed by atoms with E-state index in [0.717, 1.165) is 46.8 Å². The van der Waals surface area contributed by atoms with Crippen LogP contribution < -0.4 is 10.6 Å². The van der Waals surface area contributed by atoms with Gasteiger partial charge in [-0.05, 0) is 49.7 Å². The normalized spacial score (nSPS) is 18.3. The monoisotopic (exact) mass is 424 g/mol. The van der Waals surface area contributed by atoms with Crippen LogP contribution in [0.25, 0.3) is 11.3 Å². The molecule has 0 radical (unpaired) electrons. The second kappa shape index (κ2) is 6.96. The van der Waals surface area contributed by atoms with Crippen molar-refractivity contribution in [3.05, 3.63) is 67.8 Å². The Hall–Kier alpha value is -3.17. The summed E-state index contributed by atoms with van der Waals surface area (Å²) in [6.45, 7) is 3.62. The first-order valence-corrected chi connectivity index (χ1v) is 10.5. The maximum Gasteiger partial charge on any atom is 0.269 e. The van der Waals surface area contributed by atoms with E-state index in [2.05, 4.69) is 22.6 Å². The second-order valence-corrected chi connectivity index (χ2v) is 8.81. The van der Waals surface area contributed by atoms with Crippen molar-refractivity contribution in [1.82, 2.24) is 10.2 Å². The third-order valence-electron chi connectivity index (χ3n) is 5.62. The number of carbonyl (C=O) groups is 1. The highest BCUT2D eigenvalue weighted by Crippen LogP contribution is 2.41. The molecule has 0 aliphatic carbocycles. The van der Waals surface area contributed by atoms with Crippen LogP contribution in [0.1, 0.15) is 38.3 Å².